The Morgan fingerprint density at radius 2 is 1.89 bits per heavy atom. The first-order valence-corrected chi connectivity index (χ1v) is 7.04. The molecule has 1 aromatic heterocycles. The van der Waals surface area contributed by atoms with Crippen LogP contribution in [0.1, 0.15) is 56.7 Å². The van der Waals surface area contributed by atoms with E-state index in [1.54, 1.807) is 7.11 Å². The van der Waals surface area contributed by atoms with E-state index in [-0.39, 0.29) is 0 Å². The van der Waals surface area contributed by atoms with Crippen LogP contribution in [0.15, 0.2) is 6.07 Å². The van der Waals surface area contributed by atoms with Crippen LogP contribution in [0.4, 0.5) is 5.82 Å². The van der Waals surface area contributed by atoms with Gasteiger partial charge in [0.05, 0.1) is 7.11 Å². The molecule has 1 aromatic rings. The molecule has 0 saturated heterocycles. The third-order valence-corrected chi connectivity index (χ3v) is 3.83. The highest BCUT2D eigenvalue weighted by molar-refractivity contribution is 5.41. The van der Waals surface area contributed by atoms with E-state index in [1.165, 1.54) is 44.9 Å². The highest BCUT2D eigenvalue weighted by Crippen LogP contribution is 2.33. The van der Waals surface area contributed by atoms with Gasteiger partial charge in [0.15, 0.2) is 0 Å². The van der Waals surface area contributed by atoms with Crippen molar-refractivity contribution in [1.82, 2.24) is 9.97 Å². The summed E-state index contributed by atoms with van der Waals surface area (Å²) in [5, 5.41) is 3.44. The fourth-order valence-corrected chi connectivity index (χ4v) is 2.60. The summed E-state index contributed by atoms with van der Waals surface area (Å²) in [6, 6.07) is 2.52. The van der Waals surface area contributed by atoms with Crippen LogP contribution in [0.25, 0.3) is 0 Å². The van der Waals surface area contributed by atoms with Crippen molar-refractivity contribution in [2.75, 3.05) is 12.4 Å². The second-order valence-electron chi connectivity index (χ2n) is 5.41. The van der Waals surface area contributed by atoms with Crippen LogP contribution in [0.5, 0.6) is 5.88 Å². The normalized spacial score (nSPS) is 20.7. The molecule has 0 radical (unpaired) electrons. The molecule has 18 heavy (non-hydrogen) atoms. The molecule has 0 bridgehead atoms. The minimum absolute atomic E-state index is 0.522. The van der Waals surface area contributed by atoms with E-state index < -0.39 is 0 Å². The quantitative estimate of drug-likeness (QED) is 0.888. The van der Waals surface area contributed by atoms with E-state index in [4.69, 9.17) is 4.74 Å². The maximum absolute atomic E-state index is 5.30. The van der Waals surface area contributed by atoms with Crippen LogP contribution in [-0.2, 0) is 0 Å². The predicted octanol–water partition coefficient (Wildman–Crippen LogP) is 3.11. The number of hydrogen-bond donors (Lipinski definition) is 1. The highest BCUT2D eigenvalue weighted by atomic mass is 16.5. The van der Waals surface area contributed by atoms with Crippen LogP contribution in [0, 0.1) is 0 Å². The summed E-state index contributed by atoms with van der Waals surface area (Å²) in [6.45, 7) is 0. The number of nitrogens with zero attached hydrogens (tertiary/aromatic N) is 2. The Hall–Kier alpha value is -1.32. The lowest BCUT2D eigenvalue weighted by molar-refractivity contribution is 0.383. The summed E-state index contributed by atoms with van der Waals surface area (Å²) in [4.78, 5) is 9.21. The third kappa shape index (κ3) is 2.74. The molecular weight excluding hydrogens is 226 g/mol. The Bertz CT molecular complexity index is 412. The SMILES string of the molecule is COc1cc(NC2CC2)nc(C2CCCCC2)n1. The lowest BCUT2D eigenvalue weighted by Crippen LogP contribution is -2.12. The van der Waals surface area contributed by atoms with Gasteiger partial charge in [-0.05, 0) is 25.7 Å². The number of nitrogens with one attached hydrogen (secondary N) is 1. The van der Waals surface area contributed by atoms with E-state index in [0.717, 1.165) is 11.6 Å². The van der Waals surface area contributed by atoms with Crippen LogP contribution in [0.2, 0.25) is 0 Å². The van der Waals surface area contributed by atoms with Gasteiger partial charge < -0.3 is 10.1 Å². The second-order valence-corrected chi connectivity index (χ2v) is 5.41. The molecule has 0 amide bonds. The lowest BCUT2D eigenvalue weighted by Gasteiger charge is -2.21. The number of methoxy groups -OCH3 is 1. The average molecular weight is 247 g/mol. The number of rotatable bonds is 4. The lowest BCUT2D eigenvalue weighted by atomic mass is 9.89. The molecule has 2 fully saturated rings. The van der Waals surface area contributed by atoms with Gasteiger partial charge in [0, 0.05) is 18.0 Å². The largest absolute Gasteiger partial charge is 0.481 e. The zero-order valence-electron chi connectivity index (χ0n) is 11.0. The summed E-state index contributed by atoms with van der Waals surface area (Å²) >= 11 is 0. The van der Waals surface area contributed by atoms with Crippen molar-refractivity contribution in [2.45, 2.75) is 56.9 Å². The fraction of sp³-hybridized carbons (Fsp3) is 0.714. The maximum Gasteiger partial charge on any atom is 0.218 e. The molecule has 2 aliphatic carbocycles. The average Bonchev–Trinajstić information content (AvgIpc) is 3.23. The van der Waals surface area contributed by atoms with Gasteiger partial charge in [-0.1, -0.05) is 19.3 Å². The van der Waals surface area contributed by atoms with Crippen LogP contribution < -0.4 is 10.1 Å². The summed E-state index contributed by atoms with van der Waals surface area (Å²) < 4.78 is 5.30. The second kappa shape index (κ2) is 5.12. The Morgan fingerprint density at radius 3 is 2.56 bits per heavy atom. The van der Waals surface area contributed by atoms with Gasteiger partial charge in [-0.2, -0.15) is 4.98 Å². The Balaban J connectivity index is 1.81. The maximum atomic E-state index is 5.30. The molecule has 4 nitrogen and oxygen atoms in total. The zero-order valence-corrected chi connectivity index (χ0v) is 11.0. The number of anilines is 1. The van der Waals surface area contributed by atoms with E-state index in [9.17, 15) is 0 Å². The Morgan fingerprint density at radius 1 is 1.11 bits per heavy atom. The molecule has 98 valence electrons. The van der Waals surface area contributed by atoms with Crippen molar-refractivity contribution in [1.29, 1.82) is 0 Å². The van der Waals surface area contributed by atoms with E-state index in [0.29, 0.717) is 17.8 Å². The molecule has 4 heteroatoms. The summed E-state index contributed by atoms with van der Waals surface area (Å²) in [5.74, 6) is 3.12. The molecule has 1 heterocycles. The first-order chi connectivity index (χ1) is 8.85. The van der Waals surface area contributed by atoms with Crippen molar-refractivity contribution in [3.8, 4) is 5.88 Å². The Kier molecular flexibility index (Phi) is 3.35. The minimum atomic E-state index is 0.522. The van der Waals surface area contributed by atoms with Crippen molar-refractivity contribution in [3.05, 3.63) is 11.9 Å². The Labute approximate surface area is 108 Å². The van der Waals surface area contributed by atoms with Crippen LogP contribution >= 0.6 is 0 Å². The monoisotopic (exact) mass is 247 g/mol. The molecule has 0 unspecified atom stereocenters. The van der Waals surface area contributed by atoms with Gasteiger partial charge in [-0.25, -0.2) is 4.98 Å². The number of ether oxygens (including phenoxy) is 1. The van der Waals surface area contributed by atoms with Gasteiger partial charge in [0.1, 0.15) is 11.6 Å². The van der Waals surface area contributed by atoms with Gasteiger partial charge in [-0.3, -0.25) is 0 Å². The first-order valence-electron chi connectivity index (χ1n) is 7.04. The van der Waals surface area contributed by atoms with Crippen molar-refractivity contribution in [2.24, 2.45) is 0 Å². The number of aromatic nitrogens is 2. The van der Waals surface area contributed by atoms with Crippen molar-refractivity contribution >= 4 is 5.82 Å². The van der Waals surface area contributed by atoms with Gasteiger partial charge in [0.25, 0.3) is 0 Å². The highest BCUT2D eigenvalue weighted by Gasteiger charge is 2.24. The van der Waals surface area contributed by atoms with Crippen molar-refractivity contribution < 1.29 is 4.74 Å². The molecule has 1 N–H and O–H groups in total. The van der Waals surface area contributed by atoms with Crippen LogP contribution in [-0.4, -0.2) is 23.1 Å². The molecule has 2 saturated carbocycles. The molecule has 0 aliphatic heterocycles. The standard InChI is InChI=1S/C14H21N3O/c1-18-13-9-12(15-11-7-8-11)16-14(17-13)10-5-3-2-4-6-10/h9-11H,2-8H2,1H3,(H,15,16,17). The molecule has 2 aliphatic rings. The molecular formula is C14H21N3O. The smallest absolute Gasteiger partial charge is 0.218 e. The predicted molar refractivity (Wildman–Crippen MR) is 71.1 cm³/mol. The topological polar surface area (TPSA) is 47.0 Å². The number of hydrogen-bond acceptors (Lipinski definition) is 4. The fourth-order valence-electron chi connectivity index (χ4n) is 2.60. The van der Waals surface area contributed by atoms with Gasteiger partial charge in [-0.15, -0.1) is 0 Å². The third-order valence-electron chi connectivity index (χ3n) is 3.83. The van der Waals surface area contributed by atoms with Gasteiger partial charge in [0.2, 0.25) is 5.88 Å². The van der Waals surface area contributed by atoms with E-state index in [1.807, 2.05) is 6.07 Å². The molecule has 0 atom stereocenters. The molecule has 0 spiro atoms. The van der Waals surface area contributed by atoms with E-state index in [2.05, 4.69) is 15.3 Å². The minimum Gasteiger partial charge on any atom is -0.481 e. The summed E-state index contributed by atoms with van der Waals surface area (Å²) in [6.07, 6.45) is 8.91. The molecule has 0 aromatic carbocycles. The molecule has 3 rings (SSSR count). The summed E-state index contributed by atoms with van der Waals surface area (Å²) in [5.41, 5.74) is 0. The van der Waals surface area contributed by atoms with E-state index >= 15 is 0 Å². The zero-order chi connectivity index (χ0) is 12.4. The van der Waals surface area contributed by atoms with Crippen molar-refractivity contribution in [3.63, 3.8) is 0 Å². The summed E-state index contributed by atoms with van der Waals surface area (Å²) in [7, 11) is 1.67. The van der Waals surface area contributed by atoms with Crippen LogP contribution in [0.3, 0.4) is 0 Å². The first kappa shape index (κ1) is 11.8. The van der Waals surface area contributed by atoms with Gasteiger partial charge >= 0.3 is 0 Å².